The molecule has 0 unspecified atom stereocenters. The summed E-state index contributed by atoms with van der Waals surface area (Å²) in [5, 5.41) is 0. The number of aliphatic imine (C=N–C) groups is 1. The molecule has 0 aromatic heterocycles. The Balaban J connectivity index is 2.24. The second-order valence-electron chi connectivity index (χ2n) is 3.57. The van der Waals surface area contributed by atoms with Crippen LogP contribution in [0.5, 0.6) is 11.5 Å². The summed E-state index contributed by atoms with van der Waals surface area (Å²) in [4.78, 5) is 13.8. The van der Waals surface area contributed by atoms with Gasteiger partial charge in [-0.1, -0.05) is 18.2 Å². The minimum atomic E-state index is 0.611. The molecule has 0 radical (unpaired) electrons. The van der Waals surface area contributed by atoms with Crippen molar-refractivity contribution in [3.63, 3.8) is 0 Å². The van der Waals surface area contributed by atoms with Crippen LogP contribution in [0.15, 0.2) is 53.5 Å². The van der Waals surface area contributed by atoms with Crippen molar-refractivity contribution in [2.75, 3.05) is 0 Å². The normalized spacial score (nSPS) is 9.47. The smallest absolute Gasteiger partial charge is 0.240 e. The van der Waals surface area contributed by atoms with Gasteiger partial charge >= 0.3 is 0 Å². The molecule has 0 atom stereocenters. The fraction of sp³-hybridized carbons (Fsp3) is 0.0714. The molecule has 2 aromatic carbocycles. The van der Waals surface area contributed by atoms with Gasteiger partial charge in [0.05, 0.1) is 5.69 Å². The molecule has 0 aliphatic heterocycles. The molecule has 0 aliphatic rings. The standard InChI is InChI=1S/C14H11NO2/c1-11-9-13(7-8-14(11)15-10-16)17-12-5-3-2-4-6-12/h2-9H,1H3. The summed E-state index contributed by atoms with van der Waals surface area (Å²) in [6.45, 7) is 1.87. The second-order valence-corrected chi connectivity index (χ2v) is 3.57. The summed E-state index contributed by atoms with van der Waals surface area (Å²) in [6, 6.07) is 14.9. The molecule has 0 saturated heterocycles. The van der Waals surface area contributed by atoms with Gasteiger partial charge in [0, 0.05) is 0 Å². The molecule has 0 aliphatic carbocycles. The predicted molar refractivity (Wildman–Crippen MR) is 65.5 cm³/mol. The number of aryl methyl sites for hydroxylation is 1. The van der Waals surface area contributed by atoms with E-state index in [4.69, 9.17) is 4.74 Å². The summed E-state index contributed by atoms with van der Waals surface area (Å²) in [6.07, 6.45) is 1.53. The maximum Gasteiger partial charge on any atom is 0.240 e. The lowest BCUT2D eigenvalue weighted by Gasteiger charge is -2.06. The van der Waals surface area contributed by atoms with Gasteiger partial charge in [-0.25, -0.2) is 4.79 Å². The lowest BCUT2D eigenvalue weighted by molar-refractivity contribution is 0.482. The number of hydrogen-bond acceptors (Lipinski definition) is 3. The van der Waals surface area contributed by atoms with E-state index in [1.54, 1.807) is 12.1 Å². The Hall–Kier alpha value is -2.38. The van der Waals surface area contributed by atoms with E-state index in [0.29, 0.717) is 5.69 Å². The molecular formula is C14H11NO2. The SMILES string of the molecule is Cc1cc(Oc2ccccc2)ccc1N=C=O. The van der Waals surface area contributed by atoms with E-state index in [9.17, 15) is 4.79 Å². The van der Waals surface area contributed by atoms with Crippen LogP contribution in [0.3, 0.4) is 0 Å². The van der Waals surface area contributed by atoms with Crippen LogP contribution in [0.4, 0.5) is 5.69 Å². The van der Waals surface area contributed by atoms with E-state index in [-0.39, 0.29) is 0 Å². The van der Waals surface area contributed by atoms with Gasteiger partial charge in [-0.05, 0) is 42.8 Å². The van der Waals surface area contributed by atoms with Gasteiger partial charge in [-0.15, -0.1) is 0 Å². The molecule has 0 N–H and O–H groups in total. The highest BCUT2D eigenvalue weighted by molar-refractivity contribution is 5.55. The van der Waals surface area contributed by atoms with Crippen LogP contribution in [-0.2, 0) is 4.79 Å². The fourth-order valence-corrected chi connectivity index (χ4v) is 1.49. The molecule has 2 rings (SSSR count). The highest BCUT2D eigenvalue weighted by Gasteiger charge is 2.00. The second kappa shape index (κ2) is 5.10. The predicted octanol–water partition coefficient (Wildman–Crippen LogP) is 3.75. The molecular weight excluding hydrogens is 214 g/mol. The summed E-state index contributed by atoms with van der Waals surface area (Å²) >= 11 is 0. The van der Waals surface area contributed by atoms with Gasteiger partial charge in [0.1, 0.15) is 11.5 Å². The number of carbonyl (C=O) groups excluding carboxylic acids is 1. The average molecular weight is 225 g/mol. The molecule has 0 bridgehead atoms. The largest absolute Gasteiger partial charge is 0.457 e. The van der Waals surface area contributed by atoms with Crippen molar-refractivity contribution < 1.29 is 9.53 Å². The van der Waals surface area contributed by atoms with Gasteiger partial charge in [0.2, 0.25) is 6.08 Å². The van der Waals surface area contributed by atoms with Gasteiger partial charge in [0.15, 0.2) is 0 Å². The number of isocyanates is 1. The zero-order valence-corrected chi connectivity index (χ0v) is 9.38. The van der Waals surface area contributed by atoms with E-state index in [2.05, 4.69) is 4.99 Å². The van der Waals surface area contributed by atoms with Gasteiger partial charge < -0.3 is 4.74 Å². The average Bonchev–Trinajstić information content (AvgIpc) is 2.34. The molecule has 3 nitrogen and oxygen atoms in total. The van der Waals surface area contributed by atoms with Crippen LogP contribution in [-0.4, -0.2) is 6.08 Å². The van der Waals surface area contributed by atoms with Crippen LogP contribution >= 0.6 is 0 Å². The van der Waals surface area contributed by atoms with Crippen LogP contribution in [0.2, 0.25) is 0 Å². The van der Waals surface area contributed by atoms with E-state index in [1.165, 1.54) is 6.08 Å². The van der Waals surface area contributed by atoms with Crippen molar-refractivity contribution >= 4 is 11.8 Å². The minimum Gasteiger partial charge on any atom is -0.457 e. The number of rotatable bonds is 3. The summed E-state index contributed by atoms with van der Waals surface area (Å²) in [5.74, 6) is 1.50. The monoisotopic (exact) mass is 225 g/mol. The highest BCUT2D eigenvalue weighted by Crippen LogP contribution is 2.26. The van der Waals surface area contributed by atoms with Crippen molar-refractivity contribution in [2.24, 2.45) is 4.99 Å². The molecule has 0 spiro atoms. The van der Waals surface area contributed by atoms with Crippen molar-refractivity contribution in [1.29, 1.82) is 0 Å². The van der Waals surface area contributed by atoms with Crippen molar-refractivity contribution in [3.8, 4) is 11.5 Å². The Kier molecular flexibility index (Phi) is 3.34. The van der Waals surface area contributed by atoms with E-state index in [1.807, 2.05) is 43.3 Å². The first-order valence-electron chi connectivity index (χ1n) is 5.21. The van der Waals surface area contributed by atoms with Crippen LogP contribution < -0.4 is 4.74 Å². The van der Waals surface area contributed by atoms with E-state index < -0.39 is 0 Å². The quantitative estimate of drug-likeness (QED) is 0.589. The molecule has 0 saturated carbocycles. The highest BCUT2D eigenvalue weighted by atomic mass is 16.5. The number of nitrogens with zero attached hydrogens (tertiary/aromatic N) is 1. The number of para-hydroxylation sites is 1. The number of ether oxygens (including phenoxy) is 1. The first-order chi connectivity index (χ1) is 8.29. The zero-order valence-electron chi connectivity index (χ0n) is 9.38. The summed E-state index contributed by atoms with van der Waals surface area (Å²) < 4.78 is 5.65. The first-order valence-corrected chi connectivity index (χ1v) is 5.21. The van der Waals surface area contributed by atoms with Gasteiger partial charge in [0.25, 0.3) is 0 Å². The van der Waals surface area contributed by atoms with Crippen molar-refractivity contribution in [2.45, 2.75) is 6.92 Å². The lowest BCUT2D eigenvalue weighted by Crippen LogP contribution is -1.84. The number of benzene rings is 2. The third-order valence-corrected chi connectivity index (χ3v) is 2.31. The Morgan fingerprint density at radius 3 is 2.47 bits per heavy atom. The lowest BCUT2D eigenvalue weighted by atomic mass is 10.2. The fourth-order valence-electron chi connectivity index (χ4n) is 1.49. The van der Waals surface area contributed by atoms with Crippen LogP contribution in [0.1, 0.15) is 5.56 Å². The maximum absolute atomic E-state index is 10.2. The van der Waals surface area contributed by atoms with Crippen molar-refractivity contribution in [3.05, 3.63) is 54.1 Å². The Bertz CT molecular complexity index is 558. The Morgan fingerprint density at radius 2 is 1.82 bits per heavy atom. The molecule has 84 valence electrons. The third kappa shape index (κ3) is 2.80. The molecule has 2 aromatic rings. The molecule has 0 amide bonds. The zero-order chi connectivity index (χ0) is 12.1. The first kappa shape index (κ1) is 11.1. The van der Waals surface area contributed by atoms with E-state index in [0.717, 1.165) is 17.1 Å². The van der Waals surface area contributed by atoms with Crippen LogP contribution in [0.25, 0.3) is 0 Å². The van der Waals surface area contributed by atoms with Crippen LogP contribution in [0, 0.1) is 6.92 Å². The third-order valence-electron chi connectivity index (χ3n) is 2.31. The number of hydrogen-bond donors (Lipinski definition) is 0. The topological polar surface area (TPSA) is 38.7 Å². The van der Waals surface area contributed by atoms with E-state index >= 15 is 0 Å². The molecule has 0 heterocycles. The minimum absolute atomic E-state index is 0.611. The molecule has 17 heavy (non-hydrogen) atoms. The molecule has 0 fully saturated rings. The summed E-state index contributed by atoms with van der Waals surface area (Å²) in [5.41, 5.74) is 1.49. The van der Waals surface area contributed by atoms with Crippen molar-refractivity contribution in [1.82, 2.24) is 0 Å². The maximum atomic E-state index is 10.2. The Morgan fingerprint density at radius 1 is 1.06 bits per heavy atom. The molecule has 3 heteroatoms. The Labute approximate surface area is 99.4 Å². The van der Waals surface area contributed by atoms with Gasteiger partial charge in [-0.3, -0.25) is 0 Å². The summed E-state index contributed by atoms with van der Waals surface area (Å²) in [7, 11) is 0. The van der Waals surface area contributed by atoms with Gasteiger partial charge in [-0.2, -0.15) is 4.99 Å².